The number of carbonyl (C=O) groups excluding carboxylic acids is 2. The average Bonchev–Trinajstić information content (AvgIpc) is 2.71. The summed E-state index contributed by atoms with van der Waals surface area (Å²) in [6.07, 6.45) is 1.53. The van der Waals surface area contributed by atoms with Gasteiger partial charge in [0.15, 0.2) is 6.10 Å². The highest BCUT2D eigenvalue weighted by Crippen LogP contribution is 2.51. The predicted octanol–water partition coefficient (Wildman–Crippen LogP) is 2.12. The van der Waals surface area contributed by atoms with Gasteiger partial charge in [-0.25, -0.2) is 4.79 Å². The van der Waals surface area contributed by atoms with Crippen molar-refractivity contribution >= 4 is 11.8 Å². The van der Waals surface area contributed by atoms with E-state index < -0.39 is 17.9 Å². The highest BCUT2D eigenvalue weighted by atomic mass is 17.2. The molecular formula is C13H20O4. The van der Waals surface area contributed by atoms with Crippen molar-refractivity contribution in [3.8, 4) is 0 Å². The molecule has 1 unspecified atom stereocenters. The van der Waals surface area contributed by atoms with Crippen LogP contribution in [0.25, 0.3) is 0 Å². The van der Waals surface area contributed by atoms with Crippen molar-refractivity contribution in [2.24, 2.45) is 23.2 Å². The van der Waals surface area contributed by atoms with Crippen molar-refractivity contribution in [3.05, 3.63) is 0 Å². The Balaban J connectivity index is 2.13. The van der Waals surface area contributed by atoms with E-state index in [-0.39, 0.29) is 11.3 Å². The number of hydrogen-bond acceptors (Lipinski definition) is 4. The molecule has 4 nitrogen and oxygen atoms in total. The Morgan fingerprint density at radius 3 is 2.35 bits per heavy atom. The Morgan fingerprint density at radius 2 is 1.94 bits per heavy atom. The molecule has 4 heteroatoms. The second-order valence-corrected chi connectivity index (χ2v) is 6.02. The summed E-state index contributed by atoms with van der Waals surface area (Å²) >= 11 is 0. The summed E-state index contributed by atoms with van der Waals surface area (Å²) in [5.41, 5.74) is 0.175. The number of rotatable bonds is 2. The maximum atomic E-state index is 11.6. The monoisotopic (exact) mass is 240 g/mol. The second kappa shape index (κ2) is 4.09. The van der Waals surface area contributed by atoms with Crippen molar-refractivity contribution in [1.29, 1.82) is 0 Å². The first-order valence-electron chi connectivity index (χ1n) is 6.27. The molecule has 0 bridgehead atoms. The molecule has 1 saturated carbocycles. The lowest BCUT2D eigenvalue weighted by Crippen LogP contribution is -2.37. The normalized spacial score (nSPS) is 38.2. The van der Waals surface area contributed by atoms with E-state index in [1.807, 2.05) is 6.92 Å². The lowest BCUT2D eigenvalue weighted by Gasteiger charge is -2.36. The predicted molar refractivity (Wildman–Crippen MR) is 60.8 cm³/mol. The zero-order valence-corrected chi connectivity index (χ0v) is 10.9. The molecule has 96 valence electrons. The van der Waals surface area contributed by atoms with E-state index in [0.717, 1.165) is 12.8 Å². The largest absolute Gasteiger partial charge is 0.411 e. The van der Waals surface area contributed by atoms with Crippen LogP contribution in [-0.4, -0.2) is 17.9 Å². The zero-order valence-electron chi connectivity index (χ0n) is 10.9. The summed E-state index contributed by atoms with van der Waals surface area (Å²) in [7, 11) is 0. The van der Waals surface area contributed by atoms with Gasteiger partial charge in [0.05, 0.1) is 0 Å². The van der Waals surface area contributed by atoms with Crippen LogP contribution in [0, 0.1) is 23.2 Å². The van der Waals surface area contributed by atoms with E-state index in [1.165, 1.54) is 0 Å². The van der Waals surface area contributed by atoms with Crippen LogP contribution in [0.4, 0.5) is 0 Å². The summed E-state index contributed by atoms with van der Waals surface area (Å²) in [6.45, 7) is 8.68. The van der Waals surface area contributed by atoms with Crippen LogP contribution < -0.4 is 0 Å². The molecule has 1 heterocycles. The molecule has 2 rings (SSSR count). The third-order valence-corrected chi connectivity index (χ3v) is 4.94. The molecule has 1 aliphatic carbocycles. The van der Waals surface area contributed by atoms with Gasteiger partial charge in [0.25, 0.3) is 5.78 Å². The van der Waals surface area contributed by atoms with Crippen LogP contribution >= 0.6 is 0 Å². The molecule has 2 fully saturated rings. The van der Waals surface area contributed by atoms with E-state index >= 15 is 0 Å². The Labute approximate surface area is 102 Å². The summed E-state index contributed by atoms with van der Waals surface area (Å²) in [5.74, 6) is -0.350. The van der Waals surface area contributed by atoms with Gasteiger partial charge in [-0.05, 0) is 36.0 Å². The van der Waals surface area contributed by atoms with E-state index in [1.54, 1.807) is 0 Å². The Hall–Kier alpha value is -0.900. The van der Waals surface area contributed by atoms with E-state index in [0.29, 0.717) is 11.8 Å². The standard InChI is InChI=1S/C13H20O4/c1-7-5-6-9(13(7,3)4)8(2)11-10(14)12(15)17-16-11/h7-9,11H,5-6H2,1-4H3/t7-,8+,9-,11?/m1/s1. The third-order valence-electron chi connectivity index (χ3n) is 4.94. The minimum Gasteiger partial charge on any atom is -0.289 e. The fourth-order valence-electron chi connectivity index (χ4n) is 3.31. The molecule has 1 aliphatic heterocycles. The smallest absolute Gasteiger partial charge is 0.289 e. The van der Waals surface area contributed by atoms with Gasteiger partial charge in [0.1, 0.15) is 0 Å². The van der Waals surface area contributed by atoms with Crippen LogP contribution in [0.2, 0.25) is 0 Å². The van der Waals surface area contributed by atoms with Gasteiger partial charge in [-0.15, -0.1) is 0 Å². The van der Waals surface area contributed by atoms with Crippen molar-refractivity contribution in [2.75, 3.05) is 0 Å². The lowest BCUT2D eigenvalue weighted by atomic mass is 9.69. The fourth-order valence-corrected chi connectivity index (χ4v) is 3.31. The lowest BCUT2D eigenvalue weighted by molar-refractivity contribution is -0.271. The van der Waals surface area contributed by atoms with Gasteiger partial charge < -0.3 is 0 Å². The van der Waals surface area contributed by atoms with Crippen molar-refractivity contribution < 1.29 is 19.4 Å². The molecule has 1 saturated heterocycles. The van der Waals surface area contributed by atoms with Crippen molar-refractivity contribution in [2.45, 2.75) is 46.6 Å². The quantitative estimate of drug-likeness (QED) is 0.548. The molecule has 2 aliphatic rings. The SMILES string of the molecule is C[C@H](C1OOC(=O)C1=O)[C@H]1CC[C@@H](C)C1(C)C. The molecule has 0 radical (unpaired) electrons. The van der Waals surface area contributed by atoms with Crippen LogP contribution in [0.15, 0.2) is 0 Å². The number of Topliss-reactive ketones (excluding diaryl/α,β-unsaturated/α-hetero) is 1. The van der Waals surface area contributed by atoms with Gasteiger partial charge in [-0.1, -0.05) is 27.7 Å². The summed E-state index contributed by atoms with van der Waals surface area (Å²) in [5, 5.41) is 0. The van der Waals surface area contributed by atoms with Crippen LogP contribution in [-0.2, 0) is 19.4 Å². The van der Waals surface area contributed by atoms with E-state index in [2.05, 4.69) is 25.7 Å². The number of hydrogen-bond donors (Lipinski definition) is 0. The van der Waals surface area contributed by atoms with Crippen LogP contribution in [0.1, 0.15) is 40.5 Å². The minimum absolute atomic E-state index is 0.0221. The van der Waals surface area contributed by atoms with Crippen molar-refractivity contribution in [1.82, 2.24) is 0 Å². The third kappa shape index (κ3) is 1.88. The first-order valence-corrected chi connectivity index (χ1v) is 6.27. The van der Waals surface area contributed by atoms with E-state index in [9.17, 15) is 9.59 Å². The van der Waals surface area contributed by atoms with Crippen LogP contribution in [0.5, 0.6) is 0 Å². The topological polar surface area (TPSA) is 52.6 Å². The molecule has 17 heavy (non-hydrogen) atoms. The maximum absolute atomic E-state index is 11.6. The number of ketones is 1. The van der Waals surface area contributed by atoms with Gasteiger partial charge in [0.2, 0.25) is 0 Å². The Morgan fingerprint density at radius 1 is 1.29 bits per heavy atom. The molecule has 0 aromatic carbocycles. The van der Waals surface area contributed by atoms with Crippen LogP contribution in [0.3, 0.4) is 0 Å². The highest BCUT2D eigenvalue weighted by molar-refractivity contribution is 6.36. The van der Waals surface area contributed by atoms with Gasteiger partial charge in [-0.3, -0.25) is 9.68 Å². The first kappa shape index (κ1) is 12.6. The van der Waals surface area contributed by atoms with Gasteiger partial charge in [-0.2, -0.15) is 4.89 Å². The summed E-state index contributed by atoms with van der Waals surface area (Å²) in [6, 6.07) is 0. The highest BCUT2D eigenvalue weighted by Gasteiger charge is 2.50. The van der Waals surface area contributed by atoms with Crippen molar-refractivity contribution in [3.63, 3.8) is 0 Å². The Kier molecular flexibility index (Phi) is 3.02. The van der Waals surface area contributed by atoms with Gasteiger partial charge >= 0.3 is 5.97 Å². The molecule has 0 aromatic heterocycles. The molecular weight excluding hydrogens is 220 g/mol. The van der Waals surface area contributed by atoms with E-state index in [4.69, 9.17) is 4.89 Å². The zero-order chi connectivity index (χ0) is 12.8. The molecule has 0 N–H and O–H groups in total. The summed E-state index contributed by atoms with van der Waals surface area (Å²) < 4.78 is 0. The van der Waals surface area contributed by atoms with Gasteiger partial charge in [0, 0.05) is 0 Å². The number of carbonyl (C=O) groups is 2. The fraction of sp³-hybridized carbons (Fsp3) is 0.846. The molecule has 0 aromatic rings. The minimum atomic E-state index is -0.856. The summed E-state index contributed by atoms with van der Waals surface area (Å²) in [4.78, 5) is 31.9. The molecule has 0 spiro atoms. The Bertz CT molecular complexity index is 347. The maximum Gasteiger partial charge on any atom is 0.411 e. The molecule has 4 atom stereocenters. The second-order valence-electron chi connectivity index (χ2n) is 6.02. The average molecular weight is 240 g/mol. The molecule has 0 amide bonds. The first-order chi connectivity index (χ1) is 7.85.